The molecular weight excluding hydrogens is 647 g/mol. The number of aliphatic hydroxyl groups is 2. The first-order valence-corrected chi connectivity index (χ1v) is 17.8. The van der Waals surface area contributed by atoms with Crippen molar-refractivity contribution in [1.29, 1.82) is 0 Å². The van der Waals surface area contributed by atoms with E-state index in [4.69, 9.17) is 4.74 Å². The van der Waals surface area contributed by atoms with Crippen LogP contribution in [0.2, 0.25) is 0 Å². The first-order valence-electron chi connectivity index (χ1n) is 17.8. The average molecular weight is 694 g/mol. The van der Waals surface area contributed by atoms with Crippen molar-refractivity contribution in [2.45, 2.75) is 90.3 Å². The van der Waals surface area contributed by atoms with E-state index in [0.717, 1.165) is 18.4 Å². The third-order valence-electron chi connectivity index (χ3n) is 13.5. The van der Waals surface area contributed by atoms with E-state index in [0.29, 0.717) is 43.2 Å². The summed E-state index contributed by atoms with van der Waals surface area (Å²) in [5, 5.41) is 23.7. The molecule has 1 amide bonds. The van der Waals surface area contributed by atoms with Gasteiger partial charge in [0.15, 0.2) is 5.78 Å². The maximum Gasteiger partial charge on any atom is 0.573 e. The number of amides is 1. The molecule has 8 unspecified atom stereocenters. The monoisotopic (exact) mass is 693 g/mol. The van der Waals surface area contributed by atoms with Crippen molar-refractivity contribution in [2.75, 3.05) is 13.2 Å². The number of halogens is 3. The Bertz CT molecular complexity index is 1710. The number of aliphatic hydroxyl groups excluding tert-OH is 1. The molecule has 2 bridgehead atoms. The summed E-state index contributed by atoms with van der Waals surface area (Å²) in [4.78, 5) is 29.5. The Kier molecular flexibility index (Phi) is 8.33. The SMILES string of the molecule is CCOC(=O)N(Cc1ccc(OC(F)(F)F)cc1)CC1(O)CCC2C34C=CC5(C=C3C(=O)c3ccccc3)CC(O)CCC5(C)C4CCC21C. The second-order valence-electron chi connectivity index (χ2n) is 15.8. The van der Waals surface area contributed by atoms with Crippen LogP contribution in [0, 0.1) is 33.5 Å². The number of alkyl halides is 3. The fourth-order valence-corrected chi connectivity index (χ4v) is 11.1. The number of fused-ring (bicyclic) bond motifs is 1. The standard InChI is InChI=1S/C40H46F3NO6/c1-4-49-34(47)44(24-26-10-12-29(13-11-26)50-40(41,42)43)25-38(48)19-16-32-36(38,3)18-15-31-35(2)17-14-28(45)22-37(35)20-21-39(31,32)30(23-37)33(46)27-8-6-5-7-9-27/h5-13,20-21,23,28,31-32,45,48H,4,14-19,22,24-25H2,1-3H3. The van der Waals surface area contributed by atoms with Crippen molar-refractivity contribution >= 4 is 11.9 Å². The molecule has 6 aliphatic rings. The Labute approximate surface area is 291 Å². The number of Topliss-reactive ketones (excluding diaryl/α,β-unsaturated/α-hetero) is 1. The van der Waals surface area contributed by atoms with Crippen LogP contribution in [-0.2, 0) is 11.3 Å². The molecule has 6 aliphatic carbocycles. The lowest BCUT2D eigenvalue weighted by Crippen LogP contribution is -2.67. The van der Waals surface area contributed by atoms with Crippen LogP contribution < -0.4 is 4.74 Å². The Hall–Kier alpha value is -3.63. The quantitative estimate of drug-likeness (QED) is 0.215. The lowest BCUT2D eigenvalue weighted by molar-refractivity contribution is -0.274. The number of ether oxygens (including phenoxy) is 2. The predicted octanol–water partition coefficient (Wildman–Crippen LogP) is 8.02. The summed E-state index contributed by atoms with van der Waals surface area (Å²) in [7, 11) is 0. The lowest BCUT2D eigenvalue weighted by atomic mass is 9.32. The number of rotatable bonds is 8. The molecule has 2 aromatic carbocycles. The predicted molar refractivity (Wildman–Crippen MR) is 180 cm³/mol. The highest BCUT2D eigenvalue weighted by Crippen LogP contribution is 2.78. The number of ketones is 1. The third kappa shape index (κ3) is 5.23. The Morgan fingerprint density at radius 2 is 1.58 bits per heavy atom. The highest BCUT2D eigenvalue weighted by Gasteiger charge is 2.74. The van der Waals surface area contributed by atoms with E-state index in [2.05, 4.69) is 36.8 Å². The smallest absolute Gasteiger partial charge is 0.450 e. The molecule has 8 rings (SSSR count). The van der Waals surface area contributed by atoms with Crippen LogP contribution in [0.15, 0.2) is 78.4 Å². The maximum atomic E-state index is 14.6. The molecule has 2 N–H and O–H groups in total. The molecule has 10 heteroatoms. The molecule has 7 nitrogen and oxygen atoms in total. The second-order valence-corrected chi connectivity index (χ2v) is 15.8. The lowest BCUT2D eigenvalue weighted by Gasteiger charge is -2.71. The van der Waals surface area contributed by atoms with Gasteiger partial charge in [0, 0.05) is 33.9 Å². The molecule has 2 aromatic rings. The van der Waals surface area contributed by atoms with Gasteiger partial charge >= 0.3 is 12.5 Å². The fourth-order valence-electron chi connectivity index (χ4n) is 11.1. The molecule has 268 valence electrons. The van der Waals surface area contributed by atoms with Gasteiger partial charge in [-0.1, -0.05) is 74.5 Å². The van der Waals surface area contributed by atoms with Crippen molar-refractivity contribution in [3.63, 3.8) is 0 Å². The van der Waals surface area contributed by atoms with Crippen molar-refractivity contribution in [3.8, 4) is 5.75 Å². The average Bonchev–Trinajstić information content (AvgIpc) is 3.34. The number of carbonyl (C=O) groups is 2. The highest BCUT2D eigenvalue weighted by molar-refractivity contribution is 6.10. The van der Waals surface area contributed by atoms with Crippen molar-refractivity contribution in [3.05, 3.63) is 89.5 Å². The van der Waals surface area contributed by atoms with Crippen LogP contribution in [0.25, 0.3) is 0 Å². The Morgan fingerprint density at radius 1 is 0.920 bits per heavy atom. The van der Waals surface area contributed by atoms with Crippen LogP contribution in [0.3, 0.4) is 0 Å². The van der Waals surface area contributed by atoms with E-state index in [9.17, 15) is 33.0 Å². The minimum Gasteiger partial charge on any atom is -0.450 e. The van der Waals surface area contributed by atoms with E-state index >= 15 is 0 Å². The van der Waals surface area contributed by atoms with E-state index in [1.807, 2.05) is 30.3 Å². The van der Waals surface area contributed by atoms with Gasteiger partial charge in [0.1, 0.15) is 5.75 Å². The number of nitrogens with zero attached hydrogens (tertiary/aromatic N) is 1. The Balaban J connectivity index is 1.25. The number of hydrogen-bond donors (Lipinski definition) is 2. The molecule has 0 heterocycles. The van der Waals surface area contributed by atoms with Gasteiger partial charge in [-0.3, -0.25) is 4.79 Å². The fraction of sp³-hybridized carbons (Fsp3) is 0.550. The highest BCUT2D eigenvalue weighted by atomic mass is 19.4. The first-order chi connectivity index (χ1) is 23.6. The number of benzene rings is 2. The molecule has 3 saturated carbocycles. The van der Waals surface area contributed by atoms with Gasteiger partial charge in [-0.15, -0.1) is 13.2 Å². The largest absolute Gasteiger partial charge is 0.573 e. The first kappa shape index (κ1) is 34.8. The zero-order valence-corrected chi connectivity index (χ0v) is 28.8. The van der Waals surface area contributed by atoms with Crippen molar-refractivity contribution in [1.82, 2.24) is 4.90 Å². The molecule has 0 aliphatic heterocycles. The summed E-state index contributed by atoms with van der Waals surface area (Å²) < 4.78 is 47.7. The Morgan fingerprint density at radius 3 is 2.26 bits per heavy atom. The molecule has 3 fully saturated rings. The van der Waals surface area contributed by atoms with E-state index in [1.54, 1.807) is 6.92 Å². The van der Waals surface area contributed by atoms with Gasteiger partial charge < -0.3 is 24.6 Å². The molecule has 0 aromatic heterocycles. The van der Waals surface area contributed by atoms with Crippen LogP contribution >= 0.6 is 0 Å². The second kappa shape index (κ2) is 12.0. The minimum absolute atomic E-state index is 0.0163. The van der Waals surface area contributed by atoms with Gasteiger partial charge in [-0.05, 0) is 86.8 Å². The van der Waals surface area contributed by atoms with Crippen LogP contribution in [-0.4, -0.2) is 58.2 Å². The van der Waals surface area contributed by atoms with E-state index < -0.39 is 40.4 Å². The molecule has 0 radical (unpaired) electrons. The van der Waals surface area contributed by atoms with Gasteiger partial charge in [-0.2, -0.15) is 0 Å². The van der Waals surface area contributed by atoms with Gasteiger partial charge in [0.2, 0.25) is 0 Å². The third-order valence-corrected chi connectivity index (χ3v) is 13.5. The van der Waals surface area contributed by atoms with E-state index in [-0.39, 0.29) is 48.5 Å². The zero-order valence-electron chi connectivity index (χ0n) is 28.8. The molecule has 0 saturated heterocycles. The number of carbonyl (C=O) groups excluding carboxylic acids is 2. The van der Waals surface area contributed by atoms with Crippen molar-refractivity contribution < 1.29 is 42.4 Å². The summed E-state index contributed by atoms with van der Waals surface area (Å²) >= 11 is 0. The van der Waals surface area contributed by atoms with Gasteiger partial charge in [-0.25, -0.2) is 4.79 Å². The summed E-state index contributed by atoms with van der Waals surface area (Å²) in [6.07, 6.45) is 5.42. The van der Waals surface area contributed by atoms with Gasteiger partial charge in [0.25, 0.3) is 0 Å². The molecule has 8 atom stereocenters. The molecular formula is C40H46F3NO6. The van der Waals surface area contributed by atoms with Crippen molar-refractivity contribution in [2.24, 2.45) is 33.5 Å². The minimum atomic E-state index is -4.82. The number of hydrogen-bond acceptors (Lipinski definition) is 6. The van der Waals surface area contributed by atoms with Crippen LogP contribution in [0.4, 0.5) is 18.0 Å². The zero-order chi connectivity index (χ0) is 35.7. The molecule has 50 heavy (non-hydrogen) atoms. The number of allylic oxidation sites excluding steroid dienone is 4. The normalized spacial score (nSPS) is 36.9. The van der Waals surface area contributed by atoms with Crippen LogP contribution in [0.1, 0.15) is 81.6 Å². The summed E-state index contributed by atoms with van der Waals surface area (Å²) in [6.45, 7) is 6.23. The van der Waals surface area contributed by atoms with Crippen LogP contribution in [0.5, 0.6) is 5.75 Å². The topological polar surface area (TPSA) is 96.3 Å². The maximum absolute atomic E-state index is 14.6. The summed E-state index contributed by atoms with van der Waals surface area (Å²) in [6, 6.07) is 14.7. The van der Waals surface area contributed by atoms with Gasteiger partial charge in [0.05, 0.1) is 24.9 Å². The molecule has 2 spiro atoms. The van der Waals surface area contributed by atoms with E-state index in [1.165, 1.54) is 29.2 Å². The summed E-state index contributed by atoms with van der Waals surface area (Å²) in [5.74, 6) is -0.373. The summed E-state index contributed by atoms with van der Waals surface area (Å²) in [5.41, 5.74) is -1.37.